The molecule has 0 heterocycles. The van der Waals surface area contributed by atoms with E-state index in [1.807, 2.05) is 0 Å². The molecule has 0 amide bonds. The van der Waals surface area contributed by atoms with Crippen LogP contribution in [0.5, 0.6) is 0 Å². The first-order valence-electron chi connectivity index (χ1n) is 5.08. The van der Waals surface area contributed by atoms with Crippen LogP contribution >= 0.6 is 15.9 Å². The van der Waals surface area contributed by atoms with Crippen molar-refractivity contribution in [1.29, 1.82) is 0 Å². The molecule has 0 saturated heterocycles. The maximum Gasteiger partial charge on any atom is 0.337 e. The number of aliphatic carboxylic acids is 1. The van der Waals surface area contributed by atoms with Crippen molar-refractivity contribution < 1.29 is 19.8 Å². The van der Waals surface area contributed by atoms with Crippen molar-refractivity contribution >= 4 is 27.7 Å². The zero-order chi connectivity index (χ0) is 13.0. The Balaban J connectivity index is 3.26. The van der Waals surface area contributed by atoms with Gasteiger partial charge in [0.05, 0.1) is 0 Å². The van der Waals surface area contributed by atoms with Crippen molar-refractivity contribution in [2.45, 2.75) is 19.4 Å². The fourth-order valence-electron chi connectivity index (χ4n) is 1.64. The summed E-state index contributed by atoms with van der Waals surface area (Å²) in [4.78, 5) is 22.7. The van der Waals surface area contributed by atoms with E-state index in [1.165, 1.54) is 6.07 Å². The predicted octanol–water partition coefficient (Wildman–Crippen LogP) is 2.08. The summed E-state index contributed by atoms with van der Waals surface area (Å²) in [6.07, 6.45) is -1.39. The summed E-state index contributed by atoms with van der Waals surface area (Å²) in [5.41, 5.74) is 1.14. The van der Waals surface area contributed by atoms with Crippen molar-refractivity contribution in [3.63, 3.8) is 0 Å². The zero-order valence-corrected chi connectivity index (χ0v) is 10.9. The van der Waals surface area contributed by atoms with Crippen LogP contribution in [-0.2, 0) is 4.79 Å². The van der Waals surface area contributed by atoms with Crippen molar-refractivity contribution in [3.8, 4) is 0 Å². The van der Waals surface area contributed by atoms with Crippen LogP contribution in [0.4, 0.5) is 0 Å². The molecule has 1 atom stereocenters. The predicted molar refractivity (Wildman–Crippen MR) is 66.5 cm³/mol. The van der Waals surface area contributed by atoms with Crippen molar-refractivity contribution in [1.82, 2.24) is 0 Å². The Labute approximate surface area is 107 Å². The third kappa shape index (κ3) is 3.14. The molecule has 1 aromatic rings. The SMILES string of the molecule is Cc1cccc(C(O)C(=O)O)c1C(=O)CCBr. The minimum atomic E-state index is -1.66. The Hall–Kier alpha value is -1.20. The molecule has 2 N–H and O–H groups in total. The molecule has 0 radical (unpaired) electrons. The maximum atomic E-state index is 11.9. The van der Waals surface area contributed by atoms with Crippen molar-refractivity contribution in [3.05, 3.63) is 34.9 Å². The van der Waals surface area contributed by atoms with Crippen LogP contribution in [0.3, 0.4) is 0 Å². The van der Waals surface area contributed by atoms with E-state index < -0.39 is 12.1 Å². The molecular weight excluding hydrogens is 288 g/mol. The number of alkyl halides is 1. The number of carboxylic acids is 1. The highest BCUT2D eigenvalue weighted by Gasteiger charge is 2.23. The van der Waals surface area contributed by atoms with Crippen LogP contribution < -0.4 is 0 Å². The second kappa shape index (κ2) is 5.93. The largest absolute Gasteiger partial charge is 0.479 e. The Morgan fingerprint density at radius 3 is 2.59 bits per heavy atom. The second-order valence-electron chi connectivity index (χ2n) is 3.64. The summed E-state index contributed by atoms with van der Waals surface area (Å²) in [6, 6.07) is 4.81. The zero-order valence-electron chi connectivity index (χ0n) is 9.31. The van der Waals surface area contributed by atoms with E-state index in [0.717, 1.165) is 0 Å². The molecule has 0 spiro atoms. The van der Waals surface area contributed by atoms with Crippen LogP contribution in [0.1, 0.15) is 34.0 Å². The molecule has 0 aliphatic heterocycles. The van der Waals surface area contributed by atoms with E-state index in [-0.39, 0.29) is 17.8 Å². The number of carboxylic acid groups (broad SMARTS) is 1. The quantitative estimate of drug-likeness (QED) is 0.645. The Morgan fingerprint density at radius 2 is 2.06 bits per heavy atom. The van der Waals surface area contributed by atoms with Gasteiger partial charge in [-0.15, -0.1) is 0 Å². The Morgan fingerprint density at radius 1 is 1.41 bits per heavy atom. The summed E-state index contributed by atoms with van der Waals surface area (Å²) >= 11 is 3.16. The molecule has 92 valence electrons. The van der Waals surface area contributed by atoms with E-state index in [2.05, 4.69) is 15.9 Å². The molecule has 17 heavy (non-hydrogen) atoms. The van der Waals surface area contributed by atoms with Gasteiger partial charge in [-0.05, 0) is 12.5 Å². The van der Waals surface area contributed by atoms with Crippen LogP contribution in [0, 0.1) is 6.92 Å². The molecule has 4 nitrogen and oxygen atoms in total. The number of carbonyl (C=O) groups is 2. The molecule has 0 bridgehead atoms. The molecule has 1 unspecified atom stereocenters. The van der Waals surface area contributed by atoms with Gasteiger partial charge in [-0.2, -0.15) is 0 Å². The Bertz CT molecular complexity index is 442. The summed E-state index contributed by atoms with van der Waals surface area (Å²) in [6.45, 7) is 1.72. The van der Waals surface area contributed by atoms with Crippen molar-refractivity contribution in [2.75, 3.05) is 5.33 Å². The molecule has 0 saturated carbocycles. The highest BCUT2D eigenvalue weighted by atomic mass is 79.9. The van der Waals surface area contributed by atoms with Crippen LogP contribution in [0.15, 0.2) is 18.2 Å². The average Bonchev–Trinajstić information content (AvgIpc) is 2.27. The average molecular weight is 301 g/mol. The lowest BCUT2D eigenvalue weighted by Gasteiger charge is -2.13. The fourth-order valence-corrected chi connectivity index (χ4v) is 2.00. The summed E-state index contributed by atoms with van der Waals surface area (Å²) < 4.78 is 0. The maximum absolute atomic E-state index is 11.9. The normalized spacial score (nSPS) is 12.2. The third-order valence-corrected chi connectivity index (χ3v) is 2.83. The van der Waals surface area contributed by atoms with Gasteiger partial charge in [0.1, 0.15) is 0 Å². The molecule has 1 aromatic carbocycles. The number of benzene rings is 1. The summed E-state index contributed by atoms with van der Waals surface area (Å²) in [5.74, 6) is -1.53. The van der Waals surface area contributed by atoms with E-state index >= 15 is 0 Å². The fraction of sp³-hybridized carbons (Fsp3) is 0.333. The molecule has 5 heteroatoms. The third-order valence-electron chi connectivity index (χ3n) is 2.43. The Kier molecular flexibility index (Phi) is 4.84. The van der Waals surface area contributed by atoms with Gasteiger partial charge in [0.25, 0.3) is 0 Å². The number of halogens is 1. The number of carbonyl (C=O) groups excluding carboxylic acids is 1. The van der Waals surface area contributed by atoms with Gasteiger partial charge < -0.3 is 10.2 Å². The molecule has 0 aromatic heterocycles. The van der Waals surface area contributed by atoms with Gasteiger partial charge in [0, 0.05) is 22.9 Å². The lowest BCUT2D eigenvalue weighted by atomic mass is 9.94. The van der Waals surface area contributed by atoms with Gasteiger partial charge in [0.15, 0.2) is 11.9 Å². The van der Waals surface area contributed by atoms with Gasteiger partial charge in [0.2, 0.25) is 0 Å². The first kappa shape index (κ1) is 13.9. The monoisotopic (exact) mass is 300 g/mol. The lowest BCUT2D eigenvalue weighted by Crippen LogP contribution is -2.16. The number of rotatable bonds is 5. The minimum absolute atomic E-state index is 0.156. The van der Waals surface area contributed by atoms with E-state index in [1.54, 1.807) is 19.1 Å². The summed E-state index contributed by atoms with van der Waals surface area (Å²) in [5, 5.41) is 18.9. The standard InChI is InChI=1S/C12H13BrO4/c1-7-3-2-4-8(11(15)12(16)17)10(7)9(14)5-6-13/h2-4,11,15H,5-6H2,1H3,(H,16,17). The van der Waals surface area contributed by atoms with Crippen molar-refractivity contribution in [2.24, 2.45) is 0 Å². The number of ketones is 1. The number of hydrogen-bond acceptors (Lipinski definition) is 3. The van der Waals surface area contributed by atoms with Crippen LogP contribution in [0.25, 0.3) is 0 Å². The second-order valence-corrected chi connectivity index (χ2v) is 4.44. The molecule has 1 rings (SSSR count). The van der Waals surface area contributed by atoms with Crippen LogP contribution in [0.2, 0.25) is 0 Å². The van der Waals surface area contributed by atoms with E-state index in [9.17, 15) is 14.7 Å². The highest BCUT2D eigenvalue weighted by Crippen LogP contribution is 2.23. The summed E-state index contributed by atoms with van der Waals surface area (Å²) in [7, 11) is 0. The van der Waals surface area contributed by atoms with Gasteiger partial charge in [-0.3, -0.25) is 4.79 Å². The van der Waals surface area contributed by atoms with E-state index in [4.69, 9.17) is 5.11 Å². The molecule has 0 aliphatic carbocycles. The smallest absolute Gasteiger partial charge is 0.337 e. The molecule has 0 fully saturated rings. The van der Waals surface area contributed by atoms with Gasteiger partial charge >= 0.3 is 5.97 Å². The highest BCUT2D eigenvalue weighted by molar-refractivity contribution is 9.09. The minimum Gasteiger partial charge on any atom is -0.479 e. The van der Waals surface area contributed by atoms with E-state index in [0.29, 0.717) is 16.5 Å². The van der Waals surface area contributed by atoms with Gasteiger partial charge in [-0.1, -0.05) is 34.1 Å². The van der Waals surface area contributed by atoms with Gasteiger partial charge in [-0.25, -0.2) is 4.79 Å². The first-order valence-corrected chi connectivity index (χ1v) is 6.20. The number of aliphatic hydroxyl groups is 1. The topological polar surface area (TPSA) is 74.6 Å². The molecular formula is C12H13BrO4. The number of Topliss-reactive ketones (excluding diaryl/α,β-unsaturated/α-hetero) is 1. The number of aliphatic hydroxyl groups excluding tert-OH is 1. The first-order chi connectivity index (χ1) is 7.99. The number of aryl methyl sites for hydroxylation is 1. The lowest BCUT2D eigenvalue weighted by molar-refractivity contribution is -0.146. The molecule has 0 aliphatic rings. The number of hydrogen-bond donors (Lipinski definition) is 2. The van der Waals surface area contributed by atoms with Crippen LogP contribution in [-0.4, -0.2) is 27.3 Å².